The van der Waals surface area contributed by atoms with E-state index in [1.54, 1.807) is 0 Å². The molecule has 0 spiro atoms. The quantitative estimate of drug-likeness (QED) is 0.233. The number of rotatable bonds is 8. The van der Waals surface area contributed by atoms with Crippen molar-refractivity contribution >= 4 is 35.6 Å². The van der Waals surface area contributed by atoms with Gasteiger partial charge in [-0.15, -0.1) is 24.0 Å². The Morgan fingerprint density at radius 2 is 1.88 bits per heavy atom. The lowest BCUT2D eigenvalue weighted by atomic mass is 10.1. The second kappa shape index (κ2) is 12.6. The van der Waals surface area contributed by atoms with Crippen LogP contribution in [0.3, 0.4) is 0 Å². The van der Waals surface area contributed by atoms with Crippen LogP contribution < -0.4 is 15.5 Å². The first kappa shape index (κ1) is 25.1. The fourth-order valence-corrected chi connectivity index (χ4v) is 4.16. The van der Waals surface area contributed by atoms with Crippen molar-refractivity contribution in [2.45, 2.75) is 45.8 Å². The maximum Gasteiger partial charge on any atom is 0.192 e. The summed E-state index contributed by atoms with van der Waals surface area (Å²) in [5.41, 5.74) is 5.05. The van der Waals surface area contributed by atoms with Crippen LogP contribution in [0.15, 0.2) is 72.2 Å². The Kier molecular flexibility index (Phi) is 9.60. The van der Waals surface area contributed by atoms with Crippen molar-refractivity contribution in [3.8, 4) is 0 Å². The van der Waals surface area contributed by atoms with Gasteiger partial charge in [0.25, 0.3) is 0 Å². The highest BCUT2D eigenvalue weighted by atomic mass is 127. The third-order valence-corrected chi connectivity index (χ3v) is 5.87. The summed E-state index contributed by atoms with van der Waals surface area (Å²) < 4.78 is 2.08. The molecule has 1 aromatic heterocycles. The molecule has 2 heterocycles. The fraction of sp³-hybridized carbons (Fsp3) is 0.385. The van der Waals surface area contributed by atoms with E-state index < -0.39 is 0 Å². The predicted molar refractivity (Wildman–Crippen MR) is 147 cm³/mol. The van der Waals surface area contributed by atoms with E-state index in [-0.39, 0.29) is 30.0 Å². The largest absolute Gasteiger partial charge is 0.372 e. The molecule has 7 heteroatoms. The highest BCUT2D eigenvalue weighted by Gasteiger charge is 2.14. The summed E-state index contributed by atoms with van der Waals surface area (Å²) in [7, 11) is 0. The zero-order valence-corrected chi connectivity index (χ0v) is 21.9. The number of guanidine groups is 1. The van der Waals surface area contributed by atoms with Gasteiger partial charge in [-0.1, -0.05) is 36.4 Å². The summed E-state index contributed by atoms with van der Waals surface area (Å²) in [5.74, 6) is 0.839. The van der Waals surface area contributed by atoms with E-state index in [0.717, 1.165) is 32.1 Å². The maximum atomic E-state index is 4.85. The third kappa shape index (κ3) is 7.22. The molecular weight excluding hydrogens is 523 g/mol. The number of nitrogens with zero attached hydrogens (tertiary/aromatic N) is 4. The Hall–Kier alpha value is -2.55. The van der Waals surface area contributed by atoms with Gasteiger partial charge >= 0.3 is 0 Å². The molecule has 0 bridgehead atoms. The lowest BCUT2D eigenvalue weighted by Gasteiger charge is -2.22. The van der Waals surface area contributed by atoms with Crippen LogP contribution in [0.5, 0.6) is 0 Å². The van der Waals surface area contributed by atoms with Crippen LogP contribution in [0.1, 0.15) is 49.4 Å². The third-order valence-electron chi connectivity index (χ3n) is 5.87. The molecule has 1 fully saturated rings. The first-order valence-corrected chi connectivity index (χ1v) is 11.6. The second-order valence-electron chi connectivity index (χ2n) is 8.41. The number of nitrogens with one attached hydrogen (secondary N) is 2. The molecule has 1 saturated heterocycles. The van der Waals surface area contributed by atoms with Crippen LogP contribution in [-0.4, -0.2) is 35.1 Å². The lowest BCUT2D eigenvalue weighted by molar-refractivity contribution is 0.686. The molecule has 2 N–H and O–H groups in total. The molecule has 6 nitrogen and oxygen atoms in total. The van der Waals surface area contributed by atoms with Crippen LogP contribution in [-0.2, 0) is 13.1 Å². The number of aliphatic imine (C=N–C) groups is 1. The van der Waals surface area contributed by atoms with E-state index in [1.165, 1.54) is 35.2 Å². The van der Waals surface area contributed by atoms with Crippen molar-refractivity contribution in [3.05, 3.63) is 83.9 Å². The van der Waals surface area contributed by atoms with Gasteiger partial charge in [0.15, 0.2) is 5.96 Å². The molecule has 0 saturated carbocycles. The molecule has 33 heavy (non-hydrogen) atoms. The maximum absolute atomic E-state index is 4.85. The van der Waals surface area contributed by atoms with Gasteiger partial charge in [0.2, 0.25) is 0 Å². The molecule has 2 aromatic carbocycles. The normalized spacial score (nSPS) is 14.6. The van der Waals surface area contributed by atoms with Crippen LogP contribution in [0, 0.1) is 0 Å². The minimum absolute atomic E-state index is 0. The first-order valence-electron chi connectivity index (χ1n) is 11.6. The Morgan fingerprint density at radius 1 is 1.09 bits per heavy atom. The minimum atomic E-state index is 0. The summed E-state index contributed by atoms with van der Waals surface area (Å²) in [6.07, 6.45) is 8.22. The summed E-state index contributed by atoms with van der Waals surface area (Å²) in [4.78, 5) is 11.5. The van der Waals surface area contributed by atoms with Gasteiger partial charge in [-0.3, -0.25) is 0 Å². The lowest BCUT2D eigenvalue weighted by Crippen LogP contribution is -2.38. The summed E-state index contributed by atoms with van der Waals surface area (Å²) >= 11 is 0. The topological polar surface area (TPSA) is 57.5 Å². The summed E-state index contributed by atoms with van der Waals surface area (Å²) in [6, 6.07) is 17.7. The number of halogens is 1. The van der Waals surface area contributed by atoms with Crippen molar-refractivity contribution in [1.82, 2.24) is 20.2 Å². The minimum Gasteiger partial charge on any atom is -0.372 e. The fourth-order valence-electron chi connectivity index (χ4n) is 4.16. The van der Waals surface area contributed by atoms with Gasteiger partial charge in [-0.2, -0.15) is 0 Å². The zero-order chi connectivity index (χ0) is 22.2. The molecular formula is C26H35IN6. The SMILES string of the molecule is CCNC(=NCc1cccc(Cn2ccnc2)c1)NC(C)c1cccc(N2CCCC2)c1.I. The van der Waals surface area contributed by atoms with Gasteiger partial charge < -0.3 is 20.1 Å². The van der Waals surface area contributed by atoms with Gasteiger partial charge in [0.1, 0.15) is 0 Å². The Labute approximate surface area is 214 Å². The molecule has 1 atom stereocenters. The monoisotopic (exact) mass is 558 g/mol. The molecule has 0 aliphatic carbocycles. The van der Waals surface area contributed by atoms with E-state index >= 15 is 0 Å². The molecule has 0 radical (unpaired) electrons. The molecule has 1 aliphatic heterocycles. The molecule has 0 amide bonds. The van der Waals surface area contributed by atoms with Crippen molar-refractivity contribution in [2.75, 3.05) is 24.5 Å². The van der Waals surface area contributed by atoms with E-state index in [9.17, 15) is 0 Å². The summed E-state index contributed by atoms with van der Waals surface area (Å²) in [6.45, 7) is 8.90. The molecule has 4 rings (SSSR count). The Morgan fingerprint density at radius 3 is 2.64 bits per heavy atom. The Balaban J connectivity index is 0.00000306. The average molecular weight is 559 g/mol. The van der Waals surface area contributed by atoms with Gasteiger partial charge in [-0.05, 0) is 55.5 Å². The Bertz CT molecular complexity index is 1010. The van der Waals surface area contributed by atoms with Crippen molar-refractivity contribution in [3.63, 3.8) is 0 Å². The van der Waals surface area contributed by atoms with Gasteiger partial charge in [0.05, 0.1) is 18.9 Å². The summed E-state index contributed by atoms with van der Waals surface area (Å²) in [5, 5.41) is 6.97. The van der Waals surface area contributed by atoms with E-state index in [2.05, 4.69) is 87.5 Å². The first-order chi connectivity index (χ1) is 15.7. The van der Waals surface area contributed by atoms with E-state index in [0.29, 0.717) is 6.54 Å². The number of benzene rings is 2. The smallest absolute Gasteiger partial charge is 0.192 e. The van der Waals surface area contributed by atoms with E-state index in [1.807, 2.05) is 18.7 Å². The van der Waals surface area contributed by atoms with Crippen LogP contribution in [0.2, 0.25) is 0 Å². The number of hydrogen-bond donors (Lipinski definition) is 2. The van der Waals surface area contributed by atoms with Crippen molar-refractivity contribution in [2.24, 2.45) is 4.99 Å². The van der Waals surface area contributed by atoms with Crippen molar-refractivity contribution < 1.29 is 0 Å². The average Bonchev–Trinajstić information content (AvgIpc) is 3.53. The number of imidazole rings is 1. The van der Waals surface area contributed by atoms with Gasteiger partial charge in [0, 0.05) is 44.3 Å². The highest BCUT2D eigenvalue weighted by molar-refractivity contribution is 14.0. The van der Waals surface area contributed by atoms with Crippen LogP contribution in [0.25, 0.3) is 0 Å². The van der Waals surface area contributed by atoms with Gasteiger partial charge in [-0.25, -0.2) is 9.98 Å². The van der Waals surface area contributed by atoms with E-state index in [4.69, 9.17) is 4.99 Å². The molecule has 1 aliphatic rings. The standard InChI is InChI=1S/C26H34N6.HI/c1-3-28-26(29-18-22-8-6-9-23(16-22)19-31-15-12-27-20-31)30-21(2)24-10-7-11-25(17-24)32-13-4-5-14-32;/h6-12,15-17,20-21H,3-5,13-14,18-19H2,1-2H3,(H2,28,29,30);1H. The molecule has 3 aromatic rings. The molecule has 1 unspecified atom stereocenters. The number of anilines is 1. The predicted octanol–water partition coefficient (Wildman–Crippen LogP) is 4.97. The zero-order valence-electron chi connectivity index (χ0n) is 19.6. The second-order valence-corrected chi connectivity index (χ2v) is 8.41. The van der Waals surface area contributed by atoms with Crippen LogP contribution in [0.4, 0.5) is 5.69 Å². The van der Waals surface area contributed by atoms with Crippen LogP contribution >= 0.6 is 24.0 Å². The number of aromatic nitrogens is 2. The number of hydrogen-bond acceptors (Lipinski definition) is 3. The van der Waals surface area contributed by atoms with Crippen molar-refractivity contribution in [1.29, 1.82) is 0 Å². The highest BCUT2D eigenvalue weighted by Crippen LogP contribution is 2.24. The molecule has 176 valence electrons.